The number of H-pyrrole nitrogens is 1. The molecule has 3 aromatic rings. The third kappa shape index (κ3) is 2.87. The number of allylic oxidation sites excluding steroid dienone is 1. The molecule has 2 heterocycles. The zero-order valence-corrected chi connectivity index (χ0v) is 15.7. The smallest absolute Gasteiger partial charge is 0.340 e. The zero-order chi connectivity index (χ0) is 19.0. The zero-order valence-electron chi connectivity index (χ0n) is 15.7. The van der Waals surface area contributed by atoms with Crippen LogP contribution in [0, 0.1) is 0 Å². The molecule has 0 atom stereocenters. The van der Waals surface area contributed by atoms with E-state index in [1.54, 1.807) is 19.2 Å². The highest BCUT2D eigenvalue weighted by Crippen LogP contribution is 2.44. The lowest BCUT2D eigenvalue weighted by molar-refractivity contribution is 0.0526. The molecule has 1 aliphatic rings. The van der Waals surface area contributed by atoms with E-state index < -0.39 is 0 Å². The molecule has 1 aliphatic heterocycles. The number of carbonyl (C=O) groups excluding carboxylic acids is 1. The minimum absolute atomic E-state index is 0.202. The van der Waals surface area contributed by atoms with Crippen molar-refractivity contribution in [3.8, 4) is 0 Å². The number of hydrogen-bond acceptors (Lipinski definition) is 3. The van der Waals surface area contributed by atoms with Gasteiger partial charge in [0.1, 0.15) is 0 Å². The van der Waals surface area contributed by atoms with Gasteiger partial charge >= 0.3 is 5.97 Å². The molecule has 0 fully saturated rings. The topological polar surface area (TPSA) is 54.5 Å². The van der Waals surface area contributed by atoms with E-state index in [4.69, 9.17) is 9.73 Å². The summed E-state index contributed by atoms with van der Waals surface area (Å²) in [7, 11) is 0. The molecule has 136 valence electrons. The van der Waals surface area contributed by atoms with Gasteiger partial charge in [0.05, 0.1) is 29.3 Å². The summed E-state index contributed by atoms with van der Waals surface area (Å²) in [5, 5.41) is 2.36. The lowest BCUT2D eigenvalue weighted by Crippen LogP contribution is -2.23. The molecule has 0 bridgehead atoms. The lowest BCUT2D eigenvalue weighted by Gasteiger charge is -2.20. The van der Waals surface area contributed by atoms with Gasteiger partial charge in [-0.2, -0.15) is 0 Å². The summed E-state index contributed by atoms with van der Waals surface area (Å²) >= 11 is 0. The highest BCUT2D eigenvalue weighted by atomic mass is 16.5. The van der Waals surface area contributed by atoms with Gasteiger partial charge in [0.15, 0.2) is 0 Å². The van der Waals surface area contributed by atoms with Crippen LogP contribution in [0.25, 0.3) is 16.8 Å². The molecule has 1 aromatic heterocycles. The summed E-state index contributed by atoms with van der Waals surface area (Å²) in [6.07, 6.45) is 5.64. The summed E-state index contributed by atoms with van der Waals surface area (Å²) in [4.78, 5) is 20.1. The van der Waals surface area contributed by atoms with Crippen LogP contribution < -0.4 is 0 Å². The van der Waals surface area contributed by atoms with Gasteiger partial charge in [-0.25, -0.2) is 4.79 Å². The predicted molar refractivity (Wildman–Crippen MR) is 110 cm³/mol. The number of aromatic amines is 1. The molecule has 4 heteroatoms. The number of fused-ring (bicyclic) bond motifs is 3. The van der Waals surface area contributed by atoms with Crippen LogP contribution in [0.2, 0.25) is 0 Å². The number of rotatable bonds is 4. The second kappa shape index (κ2) is 6.54. The minimum Gasteiger partial charge on any atom is -0.462 e. The lowest BCUT2D eigenvalue weighted by atomic mass is 9.80. The molecule has 0 unspecified atom stereocenters. The van der Waals surface area contributed by atoms with Crippen molar-refractivity contribution in [3.63, 3.8) is 0 Å². The Morgan fingerprint density at radius 3 is 2.78 bits per heavy atom. The van der Waals surface area contributed by atoms with Crippen molar-refractivity contribution in [1.29, 1.82) is 0 Å². The van der Waals surface area contributed by atoms with Crippen LogP contribution in [0.4, 0.5) is 5.69 Å². The van der Waals surface area contributed by atoms with Gasteiger partial charge in [-0.3, -0.25) is 4.99 Å². The van der Waals surface area contributed by atoms with Crippen LogP contribution in [0.15, 0.2) is 59.7 Å². The Balaban J connectivity index is 1.73. The van der Waals surface area contributed by atoms with Crippen LogP contribution in [-0.4, -0.2) is 23.3 Å². The standard InChI is InChI=1S/C23H22N2O2/c1-4-27-22(26)17-13-14-24-19(17)11-12-20-23(2,3)18-10-9-15-7-5-6-8-16(15)21(18)25-20/h5-14,24H,4H2,1-3H3/b12-11-. The van der Waals surface area contributed by atoms with Crippen molar-refractivity contribution in [2.24, 2.45) is 4.99 Å². The minimum atomic E-state index is -0.319. The summed E-state index contributed by atoms with van der Waals surface area (Å²) in [6.45, 7) is 6.52. The first-order valence-corrected chi connectivity index (χ1v) is 9.16. The summed E-state index contributed by atoms with van der Waals surface area (Å²) in [5.41, 5.74) is 4.29. The Hall–Kier alpha value is -3.14. The normalized spacial score (nSPS) is 15.1. The number of esters is 1. The van der Waals surface area contributed by atoms with Crippen molar-refractivity contribution < 1.29 is 9.53 Å². The van der Waals surface area contributed by atoms with Crippen LogP contribution >= 0.6 is 0 Å². The monoisotopic (exact) mass is 358 g/mol. The van der Waals surface area contributed by atoms with Crippen molar-refractivity contribution >= 4 is 34.2 Å². The van der Waals surface area contributed by atoms with E-state index in [2.05, 4.69) is 43.1 Å². The van der Waals surface area contributed by atoms with E-state index >= 15 is 0 Å². The van der Waals surface area contributed by atoms with Crippen LogP contribution in [0.3, 0.4) is 0 Å². The van der Waals surface area contributed by atoms with Crippen molar-refractivity contribution in [1.82, 2.24) is 4.98 Å². The van der Waals surface area contributed by atoms with E-state index in [-0.39, 0.29) is 11.4 Å². The number of aromatic nitrogens is 1. The Morgan fingerprint density at radius 2 is 1.96 bits per heavy atom. The van der Waals surface area contributed by atoms with Gasteiger partial charge in [0.25, 0.3) is 0 Å². The number of aliphatic imine (C=N–C) groups is 1. The van der Waals surface area contributed by atoms with Crippen molar-refractivity contribution in [2.75, 3.05) is 6.61 Å². The third-order valence-corrected chi connectivity index (χ3v) is 5.13. The van der Waals surface area contributed by atoms with Gasteiger partial charge < -0.3 is 9.72 Å². The summed E-state index contributed by atoms with van der Waals surface area (Å²) < 4.78 is 5.12. The van der Waals surface area contributed by atoms with E-state index in [1.165, 1.54) is 16.3 Å². The molecule has 0 aliphatic carbocycles. The van der Waals surface area contributed by atoms with E-state index in [1.807, 2.05) is 24.3 Å². The SMILES string of the molecule is CCOC(=O)c1cc[nH]c1/C=C\C1=Nc2c(ccc3ccccc23)C1(C)C. The van der Waals surface area contributed by atoms with Gasteiger partial charge in [-0.05, 0) is 36.1 Å². The van der Waals surface area contributed by atoms with Crippen LogP contribution in [0.5, 0.6) is 0 Å². The number of ether oxygens (including phenoxy) is 1. The number of nitrogens with one attached hydrogen (secondary N) is 1. The van der Waals surface area contributed by atoms with Crippen LogP contribution in [-0.2, 0) is 10.2 Å². The van der Waals surface area contributed by atoms with E-state index in [0.29, 0.717) is 12.2 Å². The largest absolute Gasteiger partial charge is 0.462 e. The second-order valence-electron chi connectivity index (χ2n) is 7.16. The van der Waals surface area contributed by atoms with Crippen LogP contribution in [0.1, 0.15) is 42.4 Å². The van der Waals surface area contributed by atoms with Gasteiger partial charge in [-0.1, -0.05) is 50.2 Å². The molecule has 4 nitrogen and oxygen atoms in total. The molecule has 0 radical (unpaired) electrons. The van der Waals surface area contributed by atoms with Crippen molar-refractivity contribution in [2.45, 2.75) is 26.2 Å². The maximum atomic E-state index is 12.1. The molecule has 27 heavy (non-hydrogen) atoms. The first kappa shape index (κ1) is 17.3. The maximum absolute atomic E-state index is 12.1. The summed E-state index contributed by atoms with van der Waals surface area (Å²) in [6, 6.07) is 14.4. The van der Waals surface area contributed by atoms with Gasteiger partial charge in [-0.15, -0.1) is 0 Å². The quantitative estimate of drug-likeness (QED) is 0.633. The average molecular weight is 358 g/mol. The number of hydrogen-bond donors (Lipinski definition) is 1. The highest BCUT2D eigenvalue weighted by Gasteiger charge is 2.34. The molecule has 2 aromatic carbocycles. The van der Waals surface area contributed by atoms with E-state index in [0.717, 1.165) is 17.1 Å². The first-order valence-electron chi connectivity index (χ1n) is 9.16. The predicted octanol–water partition coefficient (Wildman–Crippen LogP) is 5.42. The summed E-state index contributed by atoms with van der Waals surface area (Å²) in [5.74, 6) is -0.319. The molecular weight excluding hydrogens is 336 g/mol. The van der Waals surface area contributed by atoms with Crippen molar-refractivity contribution in [3.05, 3.63) is 71.6 Å². The van der Waals surface area contributed by atoms with E-state index in [9.17, 15) is 4.79 Å². The molecule has 0 amide bonds. The number of benzene rings is 2. The molecule has 1 N–H and O–H groups in total. The third-order valence-electron chi connectivity index (χ3n) is 5.13. The van der Waals surface area contributed by atoms with Gasteiger partial charge in [0.2, 0.25) is 0 Å². The highest BCUT2D eigenvalue weighted by molar-refractivity contribution is 6.14. The Bertz CT molecular complexity index is 1090. The average Bonchev–Trinajstić information content (AvgIpc) is 3.22. The number of carbonyl (C=O) groups is 1. The fourth-order valence-corrected chi connectivity index (χ4v) is 3.59. The number of nitrogens with zero attached hydrogens (tertiary/aromatic N) is 1. The molecule has 0 saturated carbocycles. The Morgan fingerprint density at radius 1 is 1.15 bits per heavy atom. The molecular formula is C23H22N2O2. The molecule has 0 saturated heterocycles. The maximum Gasteiger partial charge on any atom is 0.340 e. The van der Waals surface area contributed by atoms with Gasteiger partial charge in [0, 0.05) is 17.0 Å². The Labute approximate surface area is 158 Å². The Kier molecular flexibility index (Phi) is 4.19. The molecule has 0 spiro atoms. The fourth-order valence-electron chi connectivity index (χ4n) is 3.59. The first-order chi connectivity index (χ1) is 13.0. The fraction of sp³-hybridized carbons (Fsp3) is 0.217. The second-order valence-corrected chi connectivity index (χ2v) is 7.16. The molecule has 4 rings (SSSR count).